The van der Waals surface area contributed by atoms with Crippen LogP contribution >= 0.6 is 11.6 Å². The summed E-state index contributed by atoms with van der Waals surface area (Å²) in [5.41, 5.74) is 3.86. The van der Waals surface area contributed by atoms with E-state index in [1.54, 1.807) is 0 Å². The number of hydrogen-bond acceptors (Lipinski definition) is 1. The van der Waals surface area contributed by atoms with Gasteiger partial charge < -0.3 is 5.32 Å². The number of halogens is 1. The molecule has 3 aromatic rings. The van der Waals surface area contributed by atoms with Gasteiger partial charge in [-0.15, -0.1) is 0 Å². The molecule has 0 amide bonds. The minimum absolute atomic E-state index is 0.328. The van der Waals surface area contributed by atoms with E-state index < -0.39 is 0 Å². The summed E-state index contributed by atoms with van der Waals surface area (Å²) in [7, 11) is 0. The molecule has 2 heteroatoms. The van der Waals surface area contributed by atoms with E-state index in [2.05, 4.69) is 59.9 Å². The first-order chi connectivity index (χ1) is 9.81. The smallest absolute Gasteiger partial charge is 0.0561 e. The Bertz CT molecular complexity index is 789. The molecule has 1 unspecified atom stereocenters. The lowest BCUT2D eigenvalue weighted by Crippen LogP contribution is -2.06. The number of rotatable bonds is 1. The summed E-state index contributed by atoms with van der Waals surface area (Å²) in [6.45, 7) is 0. The molecule has 0 radical (unpaired) electrons. The molecule has 0 saturated carbocycles. The first-order valence-electron chi connectivity index (χ1n) is 6.84. The first kappa shape index (κ1) is 11.8. The Morgan fingerprint density at radius 1 is 0.950 bits per heavy atom. The molecule has 0 spiro atoms. The predicted octanol–water partition coefficient (Wildman–Crippen LogP) is 5.20. The van der Waals surface area contributed by atoms with Gasteiger partial charge in [0.25, 0.3) is 0 Å². The summed E-state index contributed by atoms with van der Waals surface area (Å²) < 4.78 is 0. The first-order valence-corrected chi connectivity index (χ1v) is 7.22. The third-order valence-corrected chi connectivity index (χ3v) is 4.25. The topological polar surface area (TPSA) is 12.0 Å². The van der Waals surface area contributed by atoms with Gasteiger partial charge in [-0.1, -0.05) is 54.1 Å². The van der Waals surface area contributed by atoms with Crippen LogP contribution in [0.15, 0.2) is 60.7 Å². The van der Waals surface area contributed by atoms with Crippen LogP contribution in [0.3, 0.4) is 0 Å². The second-order valence-corrected chi connectivity index (χ2v) is 5.71. The summed E-state index contributed by atoms with van der Waals surface area (Å²) in [4.78, 5) is 0. The van der Waals surface area contributed by atoms with Crippen molar-refractivity contribution in [2.45, 2.75) is 12.5 Å². The number of anilines is 1. The fourth-order valence-corrected chi connectivity index (χ4v) is 3.27. The Hall–Kier alpha value is -1.99. The quantitative estimate of drug-likeness (QED) is 0.645. The van der Waals surface area contributed by atoms with Crippen molar-refractivity contribution < 1.29 is 0 Å². The molecule has 1 nitrogen and oxygen atoms in total. The highest BCUT2D eigenvalue weighted by Gasteiger charge is 2.23. The Morgan fingerprint density at radius 2 is 1.80 bits per heavy atom. The largest absolute Gasteiger partial charge is 0.378 e. The van der Waals surface area contributed by atoms with Crippen molar-refractivity contribution in [1.82, 2.24) is 0 Å². The molecular formula is C18H14ClN. The van der Waals surface area contributed by atoms with E-state index in [0.717, 1.165) is 11.4 Å². The van der Waals surface area contributed by atoms with Crippen LogP contribution in [0.2, 0.25) is 5.02 Å². The maximum Gasteiger partial charge on any atom is 0.0561 e. The van der Waals surface area contributed by atoms with E-state index >= 15 is 0 Å². The Morgan fingerprint density at radius 3 is 2.75 bits per heavy atom. The molecule has 20 heavy (non-hydrogen) atoms. The SMILES string of the molecule is Clc1ccc2c(c1)CC(c1cccc3ccccc13)N2. The average Bonchev–Trinajstić information content (AvgIpc) is 2.89. The lowest BCUT2D eigenvalue weighted by molar-refractivity contribution is 0.832. The lowest BCUT2D eigenvalue weighted by Gasteiger charge is -2.14. The molecule has 0 bridgehead atoms. The molecule has 0 aliphatic carbocycles. The molecule has 3 aromatic carbocycles. The van der Waals surface area contributed by atoms with Gasteiger partial charge in [0.15, 0.2) is 0 Å². The molecule has 98 valence electrons. The summed E-state index contributed by atoms with van der Waals surface area (Å²) in [6.07, 6.45) is 0.990. The molecule has 1 heterocycles. The summed E-state index contributed by atoms with van der Waals surface area (Å²) in [5, 5.41) is 7.04. The van der Waals surface area contributed by atoms with Gasteiger partial charge >= 0.3 is 0 Å². The standard InChI is InChI=1S/C18H14ClN/c19-14-8-9-17-13(10-14)11-18(20-17)16-7-3-5-12-4-1-2-6-15(12)16/h1-10,18,20H,11H2. The van der Waals surface area contributed by atoms with Crippen LogP contribution in [0.1, 0.15) is 17.2 Å². The van der Waals surface area contributed by atoms with Gasteiger partial charge in [0, 0.05) is 10.7 Å². The van der Waals surface area contributed by atoms with E-state index in [0.29, 0.717) is 6.04 Å². The predicted molar refractivity (Wildman–Crippen MR) is 85.5 cm³/mol. The minimum Gasteiger partial charge on any atom is -0.378 e. The van der Waals surface area contributed by atoms with Crippen LogP contribution in [0.25, 0.3) is 10.8 Å². The molecule has 0 aromatic heterocycles. The van der Waals surface area contributed by atoms with Gasteiger partial charge in [0.1, 0.15) is 0 Å². The third-order valence-electron chi connectivity index (χ3n) is 4.02. The van der Waals surface area contributed by atoms with Gasteiger partial charge in [-0.05, 0) is 46.5 Å². The molecule has 1 N–H and O–H groups in total. The van der Waals surface area contributed by atoms with Gasteiger partial charge in [-0.3, -0.25) is 0 Å². The highest BCUT2D eigenvalue weighted by molar-refractivity contribution is 6.30. The van der Waals surface area contributed by atoms with E-state index in [-0.39, 0.29) is 0 Å². The van der Waals surface area contributed by atoms with Gasteiger partial charge in [-0.2, -0.15) is 0 Å². The molecule has 1 aliphatic rings. The van der Waals surface area contributed by atoms with Crippen molar-refractivity contribution in [3.63, 3.8) is 0 Å². The maximum atomic E-state index is 6.08. The Kier molecular flexibility index (Phi) is 2.68. The molecule has 0 saturated heterocycles. The van der Waals surface area contributed by atoms with Gasteiger partial charge in [0.2, 0.25) is 0 Å². The van der Waals surface area contributed by atoms with Gasteiger partial charge in [-0.25, -0.2) is 0 Å². The van der Waals surface area contributed by atoms with Crippen LogP contribution in [-0.4, -0.2) is 0 Å². The van der Waals surface area contributed by atoms with Crippen LogP contribution in [0.5, 0.6) is 0 Å². The second kappa shape index (κ2) is 4.53. The molecule has 4 rings (SSSR count). The van der Waals surface area contributed by atoms with Crippen molar-refractivity contribution in [1.29, 1.82) is 0 Å². The van der Waals surface area contributed by atoms with Crippen LogP contribution in [0.4, 0.5) is 5.69 Å². The van der Waals surface area contributed by atoms with Crippen LogP contribution in [0, 0.1) is 0 Å². The van der Waals surface area contributed by atoms with E-state index in [9.17, 15) is 0 Å². The normalized spacial score (nSPS) is 16.9. The number of nitrogens with one attached hydrogen (secondary N) is 1. The molecule has 1 atom stereocenters. The zero-order valence-electron chi connectivity index (χ0n) is 10.9. The van der Waals surface area contributed by atoms with E-state index in [4.69, 9.17) is 11.6 Å². The maximum absolute atomic E-state index is 6.08. The van der Waals surface area contributed by atoms with E-state index in [1.807, 2.05) is 6.07 Å². The third kappa shape index (κ3) is 1.86. The van der Waals surface area contributed by atoms with Crippen LogP contribution in [-0.2, 0) is 6.42 Å². The zero-order chi connectivity index (χ0) is 13.5. The van der Waals surface area contributed by atoms with Crippen LogP contribution < -0.4 is 5.32 Å². The van der Waals surface area contributed by atoms with Crippen molar-refractivity contribution in [2.24, 2.45) is 0 Å². The highest BCUT2D eigenvalue weighted by atomic mass is 35.5. The van der Waals surface area contributed by atoms with E-state index in [1.165, 1.54) is 27.6 Å². The summed E-state index contributed by atoms with van der Waals surface area (Å²) in [5.74, 6) is 0. The molecule has 0 fully saturated rings. The van der Waals surface area contributed by atoms with Crippen molar-refractivity contribution >= 4 is 28.1 Å². The molecular weight excluding hydrogens is 266 g/mol. The minimum atomic E-state index is 0.328. The van der Waals surface area contributed by atoms with Crippen molar-refractivity contribution in [3.05, 3.63) is 76.8 Å². The lowest BCUT2D eigenvalue weighted by atomic mass is 9.97. The Labute approximate surface area is 123 Å². The summed E-state index contributed by atoms with van der Waals surface area (Å²) >= 11 is 6.08. The monoisotopic (exact) mass is 279 g/mol. The molecule has 1 aliphatic heterocycles. The fraction of sp³-hybridized carbons (Fsp3) is 0.111. The summed E-state index contributed by atoms with van der Waals surface area (Å²) in [6, 6.07) is 21.5. The average molecular weight is 280 g/mol. The fourth-order valence-electron chi connectivity index (χ4n) is 3.07. The zero-order valence-corrected chi connectivity index (χ0v) is 11.7. The number of benzene rings is 3. The number of fused-ring (bicyclic) bond motifs is 2. The highest BCUT2D eigenvalue weighted by Crippen LogP contribution is 2.37. The van der Waals surface area contributed by atoms with Crippen molar-refractivity contribution in [3.8, 4) is 0 Å². The second-order valence-electron chi connectivity index (χ2n) is 5.27. The van der Waals surface area contributed by atoms with Gasteiger partial charge in [0.05, 0.1) is 6.04 Å². The number of hydrogen-bond donors (Lipinski definition) is 1. The van der Waals surface area contributed by atoms with Crippen molar-refractivity contribution in [2.75, 3.05) is 5.32 Å². The Balaban J connectivity index is 1.79.